The second-order valence-electron chi connectivity index (χ2n) is 5.77. The van der Waals surface area contributed by atoms with Gasteiger partial charge in [-0.1, -0.05) is 12.1 Å². The zero-order valence-electron chi connectivity index (χ0n) is 13.0. The predicted octanol–water partition coefficient (Wildman–Crippen LogP) is 0.934. The van der Waals surface area contributed by atoms with Gasteiger partial charge < -0.3 is 10.6 Å². The van der Waals surface area contributed by atoms with Crippen LogP contribution in [0.15, 0.2) is 35.4 Å². The Labute approximate surface area is 139 Å². The van der Waals surface area contributed by atoms with Crippen molar-refractivity contribution in [3.63, 3.8) is 0 Å². The zero-order valence-corrected chi connectivity index (χ0v) is 13.8. The Balaban J connectivity index is 1.59. The molecule has 0 saturated carbocycles. The van der Waals surface area contributed by atoms with Crippen LogP contribution in [-0.2, 0) is 23.0 Å². The third-order valence-electron chi connectivity index (χ3n) is 4.02. The van der Waals surface area contributed by atoms with Crippen LogP contribution in [0.5, 0.6) is 0 Å². The van der Waals surface area contributed by atoms with Crippen LogP contribution in [0.1, 0.15) is 35.7 Å². The summed E-state index contributed by atoms with van der Waals surface area (Å²) < 4.78 is 22.7. The number of carbonyl (C=O) groups excluding carboxylic acids is 1. The number of H-pyrrole nitrogens is 1. The van der Waals surface area contributed by atoms with E-state index >= 15 is 0 Å². The number of fused-ring (bicyclic) bond motifs is 1. The van der Waals surface area contributed by atoms with Crippen molar-refractivity contribution in [1.82, 2.24) is 20.8 Å². The normalized spacial score (nSPS) is 17.1. The average molecular weight is 349 g/mol. The number of hydrogen-bond acceptors (Lipinski definition) is 4. The van der Waals surface area contributed by atoms with Crippen molar-refractivity contribution in [1.29, 1.82) is 0 Å². The molecule has 1 unspecified atom stereocenters. The van der Waals surface area contributed by atoms with Gasteiger partial charge >= 0.3 is 6.03 Å². The lowest BCUT2D eigenvalue weighted by Gasteiger charge is -2.23. The minimum atomic E-state index is -3.75. The van der Waals surface area contributed by atoms with E-state index in [0.717, 1.165) is 30.5 Å². The van der Waals surface area contributed by atoms with E-state index in [-0.39, 0.29) is 23.5 Å². The number of primary sulfonamides is 1. The monoisotopic (exact) mass is 349 g/mol. The molecule has 5 N–H and O–H groups in total. The van der Waals surface area contributed by atoms with E-state index < -0.39 is 10.0 Å². The van der Waals surface area contributed by atoms with E-state index in [1.807, 2.05) is 0 Å². The number of aromatic amines is 1. The second kappa shape index (κ2) is 6.62. The lowest BCUT2D eigenvalue weighted by atomic mass is 9.94. The summed E-state index contributed by atoms with van der Waals surface area (Å²) in [6, 6.07) is 5.77. The average Bonchev–Trinajstić information content (AvgIpc) is 3.02. The molecule has 9 heteroatoms. The number of amides is 2. The summed E-state index contributed by atoms with van der Waals surface area (Å²) in [7, 11) is -3.75. The molecular weight excluding hydrogens is 330 g/mol. The van der Waals surface area contributed by atoms with Crippen LogP contribution in [0.25, 0.3) is 0 Å². The SMILES string of the molecule is NS(=O)(=O)c1cccc(CNC(=O)NC2CCCc3cn[nH]c32)c1. The summed E-state index contributed by atoms with van der Waals surface area (Å²) in [4.78, 5) is 12.1. The Kier molecular flexibility index (Phi) is 4.54. The smallest absolute Gasteiger partial charge is 0.315 e. The number of sulfonamides is 1. The van der Waals surface area contributed by atoms with E-state index in [2.05, 4.69) is 20.8 Å². The number of nitrogens with two attached hydrogens (primary N) is 1. The van der Waals surface area contributed by atoms with E-state index in [1.165, 1.54) is 12.1 Å². The van der Waals surface area contributed by atoms with Crippen LogP contribution in [0.3, 0.4) is 0 Å². The topological polar surface area (TPSA) is 130 Å². The largest absolute Gasteiger partial charge is 0.334 e. The zero-order chi connectivity index (χ0) is 17.2. The first-order valence-electron chi connectivity index (χ1n) is 7.62. The molecule has 0 radical (unpaired) electrons. The maximum absolute atomic E-state index is 12.1. The summed E-state index contributed by atoms with van der Waals surface area (Å²) in [5.41, 5.74) is 2.74. The molecule has 1 aliphatic rings. The van der Waals surface area contributed by atoms with Crippen molar-refractivity contribution in [3.8, 4) is 0 Å². The Bertz CT molecular complexity index is 846. The first kappa shape index (κ1) is 16.5. The molecule has 0 fully saturated rings. The molecular formula is C15H19N5O3S. The first-order chi connectivity index (χ1) is 11.4. The molecule has 0 bridgehead atoms. The number of benzene rings is 1. The highest BCUT2D eigenvalue weighted by Crippen LogP contribution is 2.27. The minimum absolute atomic E-state index is 0.0246. The molecule has 1 heterocycles. The van der Waals surface area contributed by atoms with Gasteiger partial charge in [0.25, 0.3) is 0 Å². The van der Waals surface area contributed by atoms with E-state index in [0.29, 0.717) is 5.56 Å². The van der Waals surface area contributed by atoms with Crippen LogP contribution < -0.4 is 15.8 Å². The van der Waals surface area contributed by atoms with E-state index in [1.54, 1.807) is 18.3 Å². The molecule has 1 atom stereocenters. The maximum Gasteiger partial charge on any atom is 0.315 e. The van der Waals surface area contributed by atoms with Gasteiger partial charge in [-0.15, -0.1) is 0 Å². The Hall–Kier alpha value is -2.39. The third kappa shape index (κ3) is 3.74. The number of nitrogens with zero attached hydrogens (tertiary/aromatic N) is 1. The third-order valence-corrected chi connectivity index (χ3v) is 4.94. The maximum atomic E-state index is 12.1. The number of aryl methyl sites for hydroxylation is 1. The summed E-state index contributed by atoms with van der Waals surface area (Å²) in [5, 5.41) is 17.7. The number of carbonyl (C=O) groups is 1. The van der Waals surface area contributed by atoms with Crippen LogP contribution in [0, 0.1) is 0 Å². The van der Waals surface area contributed by atoms with Gasteiger partial charge in [-0.25, -0.2) is 18.4 Å². The van der Waals surface area contributed by atoms with Crippen molar-refractivity contribution < 1.29 is 13.2 Å². The summed E-state index contributed by atoms with van der Waals surface area (Å²) in [6.45, 7) is 0.206. The lowest BCUT2D eigenvalue weighted by Crippen LogP contribution is -2.38. The number of hydrogen-bond donors (Lipinski definition) is 4. The molecule has 2 amide bonds. The van der Waals surface area contributed by atoms with Crippen molar-refractivity contribution >= 4 is 16.1 Å². The molecule has 1 aliphatic carbocycles. The summed E-state index contributed by atoms with van der Waals surface area (Å²) in [5.74, 6) is 0. The van der Waals surface area contributed by atoms with Gasteiger partial charge in [-0.05, 0) is 42.5 Å². The number of rotatable bonds is 4. The molecule has 0 saturated heterocycles. The lowest BCUT2D eigenvalue weighted by molar-refractivity contribution is 0.235. The van der Waals surface area contributed by atoms with Crippen LogP contribution in [0.4, 0.5) is 4.79 Å². The highest BCUT2D eigenvalue weighted by Gasteiger charge is 2.23. The summed E-state index contributed by atoms with van der Waals surface area (Å²) in [6.07, 6.45) is 4.60. The van der Waals surface area contributed by atoms with Gasteiger partial charge in [0.15, 0.2) is 0 Å². The van der Waals surface area contributed by atoms with Gasteiger partial charge in [0.1, 0.15) is 0 Å². The van der Waals surface area contributed by atoms with Gasteiger partial charge in [0.05, 0.1) is 22.8 Å². The molecule has 3 rings (SSSR count). The number of nitrogens with one attached hydrogen (secondary N) is 3. The van der Waals surface area contributed by atoms with Crippen LogP contribution in [0.2, 0.25) is 0 Å². The molecule has 24 heavy (non-hydrogen) atoms. The second-order valence-corrected chi connectivity index (χ2v) is 7.33. The molecule has 0 aliphatic heterocycles. The predicted molar refractivity (Wildman–Crippen MR) is 87.5 cm³/mol. The summed E-state index contributed by atoms with van der Waals surface area (Å²) >= 11 is 0. The van der Waals surface area contributed by atoms with Crippen molar-refractivity contribution in [2.24, 2.45) is 5.14 Å². The van der Waals surface area contributed by atoms with E-state index in [4.69, 9.17) is 5.14 Å². The first-order valence-corrected chi connectivity index (χ1v) is 9.16. The fourth-order valence-electron chi connectivity index (χ4n) is 2.83. The standard InChI is InChI=1S/C15H19N5O3S/c16-24(22,23)12-5-1-3-10(7-12)8-17-15(21)19-13-6-2-4-11-9-18-20-14(11)13/h1,3,5,7,9,13H,2,4,6,8H2,(H,18,20)(H2,16,22,23)(H2,17,19,21). The molecule has 0 spiro atoms. The van der Waals surface area contributed by atoms with Crippen LogP contribution >= 0.6 is 0 Å². The Morgan fingerprint density at radius 3 is 3.04 bits per heavy atom. The minimum Gasteiger partial charge on any atom is -0.334 e. The Morgan fingerprint density at radius 2 is 2.25 bits per heavy atom. The number of urea groups is 1. The molecule has 8 nitrogen and oxygen atoms in total. The van der Waals surface area contributed by atoms with Gasteiger partial charge in [-0.2, -0.15) is 5.10 Å². The quantitative estimate of drug-likeness (QED) is 0.654. The highest BCUT2D eigenvalue weighted by atomic mass is 32.2. The highest BCUT2D eigenvalue weighted by molar-refractivity contribution is 7.89. The van der Waals surface area contributed by atoms with Gasteiger partial charge in [0, 0.05) is 6.54 Å². The van der Waals surface area contributed by atoms with Crippen molar-refractivity contribution in [2.45, 2.75) is 36.7 Å². The van der Waals surface area contributed by atoms with E-state index in [9.17, 15) is 13.2 Å². The molecule has 128 valence electrons. The van der Waals surface area contributed by atoms with Crippen molar-refractivity contribution in [3.05, 3.63) is 47.3 Å². The molecule has 2 aromatic rings. The molecule has 1 aromatic heterocycles. The fraction of sp³-hybridized carbons (Fsp3) is 0.333. The van der Waals surface area contributed by atoms with Crippen LogP contribution in [-0.4, -0.2) is 24.6 Å². The number of aromatic nitrogens is 2. The van der Waals surface area contributed by atoms with Gasteiger partial charge in [0.2, 0.25) is 10.0 Å². The fourth-order valence-corrected chi connectivity index (χ4v) is 3.42. The van der Waals surface area contributed by atoms with Gasteiger partial charge in [-0.3, -0.25) is 5.10 Å². The Morgan fingerprint density at radius 1 is 1.42 bits per heavy atom. The molecule has 1 aromatic carbocycles. The van der Waals surface area contributed by atoms with Crippen molar-refractivity contribution in [2.75, 3.05) is 0 Å².